The van der Waals surface area contributed by atoms with Crippen molar-refractivity contribution >= 4 is 54.7 Å². The van der Waals surface area contributed by atoms with E-state index in [2.05, 4.69) is 20.6 Å². The van der Waals surface area contributed by atoms with E-state index in [4.69, 9.17) is 24.4 Å². The Morgan fingerprint density at radius 3 is 1.58 bits per heavy atom. The summed E-state index contributed by atoms with van der Waals surface area (Å²) in [7, 11) is 5.53. The molecular formula is C4H8N2O2S4. The minimum absolute atomic E-state index is 0.503. The second kappa shape index (κ2) is 8.02. The normalized spacial score (nSPS) is 9.17. The largest absolute Gasteiger partial charge is 0.278 e. The number of nitrogens with one attached hydrogen (secondary N) is 2. The molecule has 0 radical (unpaired) electrons. The average molecular weight is 244 g/mol. The van der Waals surface area contributed by atoms with Crippen LogP contribution < -0.4 is 11.0 Å². The first-order valence-corrected chi connectivity index (χ1v) is 5.67. The monoisotopic (exact) mass is 244 g/mol. The summed E-state index contributed by atoms with van der Waals surface area (Å²) in [6.45, 7) is 0. The molecule has 2 N–H and O–H groups in total. The van der Waals surface area contributed by atoms with Gasteiger partial charge < -0.3 is 0 Å². The van der Waals surface area contributed by atoms with Crippen LogP contribution in [-0.2, 0) is 9.68 Å². The van der Waals surface area contributed by atoms with E-state index in [-0.39, 0.29) is 0 Å². The van der Waals surface area contributed by atoms with Crippen molar-refractivity contribution in [1.29, 1.82) is 0 Å². The molecule has 0 bridgehead atoms. The maximum absolute atomic E-state index is 4.83. The van der Waals surface area contributed by atoms with Crippen LogP contribution in [0.15, 0.2) is 0 Å². The van der Waals surface area contributed by atoms with Gasteiger partial charge in [0.1, 0.15) is 0 Å². The van der Waals surface area contributed by atoms with Crippen molar-refractivity contribution in [2.75, 3.05) is 14.2 Å². The van der Waals surface area contributed by atoms with Crippen LogP contribution in [0.5, 0.6) is 0 Å². The topological polar surface area (TPSA) is 42.5 Å². The van der Waals surface area contributed by atoms with Gasteiger partial charge in [0.05, 0.1) is 14.2 Å². The summed E-state index contributed by atoms with van der Waals surface area (Å²) in [4.78, 5) is 9.15. The minimum atomic E-state index is 0.503. The molecule has 0 heterocycles. The van der Waals surface area contributed by atoms with Gasteiger partial charge in [-0.25, -0.2) is 11.0 Å². The maximum Gasteiger partial charge on any atom is 0.168 e. The zero-order valence-corrected chi connectivity index (χ0v) is 9.72. The molecule has 0 rings (SSSR count). The van der Waals surface area contributed by atoms with Gasteiger partial charge >= 0.3 is 0 Å². The highest BCUT2D eigenvalue weighted by molar-refractivity contribution is 8.89. The lowest BCUT2D eigenvalue weighted by atomic mass is 11.5. The highest BCUT2D eigenvalue weighted by atomic mass is 33.1. The first-order valence-electron chi connectivity index (χ1n) is 2.71. The molecule has 0 unspecified atom stereocenters. The summed E-state index contributed by atoms with van der Waals surface area (Å²) in [5.41, 5.74) is 4.98. The van der Waals surface area contributed by atoms with E-state index in [1.807, 2.05) is 0 Å². The van der Waals surface area contributed by atoms with Gasteiger partial charge in [0.15, 0.2) is 8.64 Å². The van der Waals surface area contributed by atoms with Gasteiger partial charge in [0.25, 0.3) is 0 Å². The fourth-order valence-corrected chi connectivity index (χ4v) is 2.10. The van der Waals surface area contributed by atoms with Crippen LogP contribution in [0.2, 0.25) is 0 Å². The van der Waals surface area contributed by atoms with Crippen LogP contribution in [0.4, 0.5) is 0 Å². The van der Waals surface area contributed by atoms with Crippen LogP contribution in [0.25, 0.3) is 0 Å². The molecule has 0 saturated carbocycles. The molecule has 12 heavy (non-hydrogen) atoms. The summed E-state index contributed by atoms with van der Waals surface area (Å²) in [5.74, 6) is 0. The molecule has 0 atom stereocenters. The van der Waals surface area contributed by atoms with Crippen molar-refractivity contribution in [2.45, 2.75) is 0 Å². The van der Waals surface area contributed by atoms with Crippen LogP contribution in [0, 0.1) is 0 Å². The quantitative estimate of drug-likeness (QED) is 0.427. The van der Waals surface area contributed by atoms with Crippen LogP contribution in [-0.4, -0.2) is 22.9 Å². The smallest absolute Gasteiger partial charge is 0.168 e. The maximum atomic E-state index is 4.83. The zero-order chi connectivity index (χ0) is 9.40. The van der Waals surface area contributed by atoms with E-state index >= 15 is 0 Å². The molecule has 0 fully saturated rings. The van der Waals surface area contributed by atoms with Crippen molar-refractivity contribution < 1.29 is 9.68 Å². The molecule has 0 aliphatic carbocycles. The molecular weight excluding hydrogens is 236 g/mol. The second-order valence-corrected chi connectivity index (χ2v) is 4.84. The van der Waals surface area contributed by atoms with Gasteiger partial charge in [-0.2, -0.15) is 0 Å². The van der Waals surface area contributed by atoms with Crippen molar-refractivity contribution in [1.82, 2.24) is 11.0 Å². The van der Waals surface area contributed by atoms with Crippen LogP contribution >= 0.6 is 46.0 Å². The van der Waals surface area contributed by atoms with E-state index in [9.17, 15) is 0 Å². The fraction of sp³-hybridized carbons (Fsp3) is 0.500. The van der Waals surface area contributed by atoms with Gasteiger partial charge in [-0.05, 0) is 46.0 Å². The number of rotatable bonds is 2. The minimum Gasteiger partial charge on any atom is -0.278 e. The number of hydroxylamine groups is 2. The van der Waals surface area contributed by atoms with E-state index in [1.54, 1.807) is 0 Å². The van der Waals surface area contributed by atoms with Crippen molar-refractivity contribution in [2.24, 2.45) is 0 Å². The van der Waals surface area contributed by atoms with Gasteiger partial charge in [-0.1, -0.05) is 0 Å². The lowest BCUT2D eigenvalue weighted by molar-refractivity contribution is 0.149. The number of hydrogen-bond donors (Lipinski definition) is 2. The molecule has 70 valence electrons. The van der Waals surface area contributed by atoms with Gasteiger partial charge in [-0.3, -0.25) is 9.68 Å². The Labute approximate surface area is 89.4 Å². The molecule has 0 aromatic heterocycles. The van der Waals surface area contributed by atoms with Crippen molar-refractivity contribution in [3.63, 3.8) is 0 Å². The highest BCUT2D eigenvalue weighted by Gasteiger charge is 2.00. The average Bonchev–Trinajstić information content (AvgIpc) is 2.02. The molecule has 0 amide bonds. The lowest BCUT2D eigenvalue weighted by Crippen LogP contribution is -2.18. The van der Waals surface area contributed by atoms with Gasteiger partial charge in [0, 0.05) is 0 Å². The molecule has 0 saturated heterocycles. The predicted molar refractivity (Wildman–Crippen MR) is 60.7 cm³/mol. The number of hydrogen-bond acceptors (Lipinski definition) is 6. The second-order valence-electron chi connectivity index (χ2n) is 1.35. The van der Waals surface area contributed by atoms with E-state index < -0.39 is 0 Å². The Morgan fingerprint density at radius 1 is 1.00 bits per heavy atom. The summed E-state index contributed by atoms with van der Waals surface area (Å²) >= 11 is 9.67. The number of thiocarbonyl (C=S) groups is 2. The Bertz CT molecular complexity index is 147. The Morgan fingerprint density at radius 2 is 1.33 bits per heavy atom. The first-order chi connectivity index (χ1) is 5.70. The third kappa shape index (κ3) is 7.07. The Balaban J connectivity index is 3.40. The molecule has 8 heteroatoms. The molecule has 0 aromatic carbocycles. The fourth-order valence-electron chi connectivity index (χ4n) is 0.276. The standard InChI is InChI=1S/C4H8N2O2S4/c1-7-5-3(9)11-12-4(10)6-8-2/h1-2H3,(H,5,9)(H,6,10). The lowest BCUT2D eigenvalue weighted by Gasteiger charge is -2.04. The highest BCUT2D eigenvalue weighted by Crippen LogP contribution is 2.22. The van der Waals surface area contributed by atoms with Gasteiger partial charge in [0.2, 0.25) is 0 Å². The summed E-state index contributed by atoms with van der Waals surface area (Å²) in [6.07, 6.45) is 0. The molecule has 0 aliphatic rings. The summed E-state index contributed by atoms with van der Waals surface area (Å²) in [5, 5.41) is 0. The van der Waals surface area contributed by atoms with E-state index in [0.29, 0.717) is 8.64 Å². The molecule has 0 spiro atoms. The van der Waals surface area contributed by atoms with Crippen molar-refractivity contribution in [3.8, 4) is 0 Å². The van der Waals surface area contributed by atoms with E-state index in [0.717, 1.165) is 0 Å². The molecule has 0 aliphatic heterocycles. The Kier molecular flexibility index (Phi) is 8.29. The van der Waals surface area contributed by atoms with E-state index in [1.165, 1.54) is 35.8 Å². The summed E-state index contributed by atoms with van der Waals surface area (Å²) in [6, 6.07) is 0. The third-order valence-electron chi connectivity index (χ3n) is 0.564. The first kappa shape index (κ1) is 12.4. The third-order valence-corrected chi connectivity index (χ3v) is 3.67. The van der Waals surface area contributed by atoms with Crippen LogP contribution in [0.1, 0.15) is 0 Å². The summed E-state index contributed by atoms with van der Waals surface area (Å²) < 4.78 is 1.01. The Hall–Kier alpha value is 0.400. The predicted octanol–water partition coefficient (Wildman–Crippen LogP) is 1.24. The zero-order valence-electron chi connectivity index (χ0n) is 6.45. The van der Waals surface area contributed by atoms with Gasteiger partial charge in [-0.15, -0.1) is 0 Å². The SMILES string of the molecule is CONC(=S)SSC(=S)NOC. The molecule has 4 nitrogen and oxygen atoms in total. The van der Waals surface area contributed by atoms with Crippen LogP contribution in [0.3, 0.4) is 0 Å². The molecule has 0 aromatic rings. The van der Waals surface area contributed by atoms with Crippen molar-refractivity contribution in [3.05, 3.63) is 0 Å².